The Labute approximate surface area is 506 Å². The van der Waals surface area contributed by atoms with Crippen LogP contribution in [0.2, 0.25) is 0 Å². The van der Waals surface area contributed by atoms with Crippen LogP contribution in [-0.4, -0.2) is 9.13 Å². The van der Waals surface area contributed by atoms with Gasteiger partial charge in [-0.25, -0.2) is 24.2 Å². The van der Waals surface area contributed by atoms with Crippen molar-refractivity contribution in [1.29, 1.82) is 21.0 Å². The summed E-state index contributed by atoms with van der Waals surface area (Å²) < 4.78 is 4.42. The van der Waals surface area contributed by atoms with Gasteiger partial charge in [0.1, 0.15) is 0 Å². The molecule has 0 unspecified atom stereocenters. The largest absolute Gasteiger partial charge is 0.309 e. The second-order valence-electron chi connectivity index (χ2n) is 21.4. The monoisotopic (exact) mass is 1120 g/mol. The minimum absolute atomic E-state index is 0.338. The highest BCUT2D eigenvalue weighted by molar-refractivity contribution is 6.14. The highest BCUT2D eigenvalue weighted by Crippen LogP contribution is 2.47. The van der Waals surface area contributed by atoms with Crippen molar-refractivity contribution in [3.05, 3.63) is 291 Å². The molecule has 402 valence electrons. The molecule has 2 heterocycles. The highest BCUT2D eigenvalue weighted by atomic mass is 15.0. The maximum Gasteiger partial charge on any atom is 0.189 e. The van der Waals surface area contributed by atoms with Crippen molar-refractivity contribution in [2.24, 2.45) is 0 Å². The maximum absolute atomic E-state index is 10.0. The van der Waals surface area contributed by atoms with E-state index in [-0.39, 0.29) is 0 Å². The Hall–Kier alpha value is -13.6. The van der Waals surface area contributed by atoms with E-state index in [1.54, 1.807) is 72.8 Å². The van der Waals surface area contributed by atoms with Crippen LogP contribution in [0, 0.1) is 92.0 Å². The molecule has 0 fully saturated rings. The van der Waals surface area contributed by atoms with Crippen LogP contribution in [0.4, 0.5) is 28.4 Å². The molecule has 0 bridgehead atoms. The van der Waals surface area contributed by atoms with Gasteiger partial charge in [0.15, 0.2) is 28.4 Å². The second kappa shape index (κ2) is 21.6. The zero-order chi connectivity index (χ0) is 60.9. The van der Waals surface area contributed by atoms with Crippen LogP contribution >= 0.6 is 0 Å². The van der Waals surface area contributed by atoms with Gasteiger partial charge >= 0.3 is 0 Å². The smallest absolute Gasteiger partial charge is 0.189 e. The molecule has 0 aliphatic carbocycles. The molecule has 0 amide bonds. The first-order valence-corrected chi connectivity index (χ1v) is 27.6. The van der Waals surface area contributed by atoms with Crippen LogP contribution < -0.4 is 0 Å². The topological polar surface area (TPSA) is 127 Å². The van der Waals surface area contributed by atoms with Crippen LogP contribution in [0.3, 0.4) is 0 Å². The van der Waals surface area contributed by atoms with E-state index < -0.39 is 0 Å². The van der Waals surface area contributed by atoms with Gasteiger partial charge in [0.25, 0.3) is 0 Å². The minimum Gasteiger partial charge on any atom is -0.309 e. The number of hydrogen-bond acceptors (Lipinski definition) is 4. The van der Waals surface area contributed by atoms with Crippen LogP contribution in [0.25, 0.3) is 146 Å². The van der Waals surface area contributed by atoms with Gasteiger partial charge in [-0.15, -0.1) is 0 Å². The molecule has 0 N–H and O–H groups in total. The first-order valence-electron chi connectivity index (χ1n) is 27.6. The van der Waals surface area contributed by atoms with Crippen molar-refractivity contribution < 1.29 is 0 Å². The summed E-state index contributed by atoms with van der Waals surface area (Å²) in [4.78, 5) is 18.8. The first kappa shape index (κ1) is 53.7. The lowest BCUT2D eigenvalue weighted by Gasteiger charge is -2.20. The van der Waals surface area contributed by atoms with Gasteiger partial charge in [0.2, 0.25) is 0 Å². The molecule has 13 aromatic rings. The standard InChI is InChI=1S/C77H39N11/c1-45-8-15-65(46(2)22-45)66-16-14-64(87-73-17-9-51(55-23-47(41-78)27-60(31-55)83-4)35-68(73)69-36-52(10-18-74(69)87)56-24-48(42-79)28-61(32-56)84-5)40-67(66)72-39-59(82-3)13-21-77(72)88-75-19-11-53(57-25-49(43-80)29-62(33-57)85-6)37-70(75)71-38-54(12-20-76(71)88)58-26-50(44-81)30-63(34-58)86-7/h8-40H,1-2H3. The average molecular weight is 1120 g/mol. The third-order valence-electron chi connectivity index (χ3n) is 16.1. The molecule has 11 aromatic carbocycles. The van der Waals surface area contributed by atoms with Gasteiger partial charge in [-0.05, 0) is 232 Å². The Balaban J connectivity index is 1.10. The molecular weight excluding hydrogens is 1080 g/mol. The van der Waals surface area contributed by atoms with E-state index >= 15 is 0 Å². The first-order chi connectivity index (χ1) is 42.9. The molecule has 11 heteroatoms. The van der Waals surface area contributed by atoms with Crippen LogP contribution in [0.1, 0.15) is 33.4 Å². The van der Waals surface area contributed by atoms with Crippen molar-refractivity contribution in [1.82, 2.24) is 9.13 Å². The van der Waals surface area contributed by atoms with Gasteiger partial charge < -0.3 is 9.13 Å². The summed E-state index contributed by atoms with van der Waals surface area (Å²) in [6, 6.07) is 72.4. The van der Waals surface area contributed by atoms with Gasteiger partial charge in [-0.3, -0.25) is 0 Å². The van der Waals surface area contributed by atoms with E-state index in [4.69, 9.17) is 32.9 Å². The fraction of sp³-hybridized carbons (Fsp3) is 0.0260. The Morgan fingerprint density at radius 1 is 0.295 bits per heavy atom. The molecule has 13 rings (SSSR count). The Morgan fingerprint density at radius 2 is 0.670 bits per heavy atom. The summed E-state index contributed by atoms with van der Waals surface area (Å²) in [5.74, 6) is 0. The Kier molecular flexibility index (Phi) is 13.2. The number of rotatable bonds is 8. The number of nitriles is 4. The number of benzene rings is 11. The van der Waals surface area contributed by atoms with Gasteiger partial charge in [0.05, 0.1) is 84.9 Å². The van der Waals surface area contributed by atoms with Crippen molar-refractivity contribution in [3.8, 4) is 102 Å². The summed E-state index contributed by atoms with van der Waals surface area (Å²) in [7, 11) is 0. The number of aromatic nitrogens is 2. The predicted octanol–water partition coefficient (Wildman–Crippen LogP) is 20.7. The quantitative estimate of drug-likeness (QED) is 0.140. The summed E-state index contributed by atoms with van der Waals surface area (Å²) in [5.41, 5.74) is 19.8. The summed E-state index contributed by atoms with van der Waals surface area (Å²) in [5, 5.41) is 43.6. The lowest BCUT2D eigenvalue weighted by molar-refractivity contribution is 1.17. The predicted molar refractivity (Wildman–Crippen MR) is 347 cm³/mol. The van der Waals surface area contributed by atoms with E-state index in [0.717, 1.165) is 111 Å². The number of nitrogens with zero attached hydrogens (tertiary/aromatic N) is 11. The summed E-state index contributed by atoms with van der Waals surface area (Å²) >= 11 is 0. The third-order valence-corrected chi connectivity index (χ3v) is 16.1. The number of aryl methyl sites for hydroxylation is 2. The molecule has 0 aliphatic rings. The lowest BCUT2D eigenvalue weighted by atomic mass is 9.90. The minimum atomic E-state index is 0.338. The zero-order valence-electron chi connectivity index (χ0n) is 47.0. The molecule has 0 aliphatic heterocycles. The molecule has 0 radical (unpaired) electrons. The van der Waals surface area contributed by atoms with E-state index in [1.807, 2.05) is 54.6 Å². The van der Waals surface area contributed by atoms with Crippen molar-refractivity contribution in [3.63, 3.8) is 0 Å². The zero-order valence-corrected chi connectivity index (χ0v) is 47.0. The van der Waals surface area contributed by atoms with Crippen molar-refractivity contribution >= 4 is 72.0 Å². The number of fused-ring (bicyclic) bond motifs is 6. The van der Waals surface area contributed by atoms with Crippen molar-refractivity contribution in [2.45, 2.75) is 13.8 Å². The summed E-state index contributed by atoms with van der Waals surface area (Å²) in [6.07, 6.45) is 0. The molecule has 2 aromatic heterocycles. The van der Waals surface area contributed by atoms with E-state index in [0.29, 0.717) is 72.9 Å². The second-order valence-corrected chi connectivity index (χ2v) is 21.4. The molecule has 0 saturated carbocycles. The molecule has 0 atom stereocenters. The van der Waals surface area contributed by atoms with E-state index in [2.05, 4.69) is 144 Å². The Bertz CT molecular complexity index is 5270. The van der Waals surface area contributed by atoms with Gasteiger partial charge in [-0.2, -0.15) is 21.0 Å². The average Bonchev–Trinajstić information content (AvgIpc) is 1.74. The third kappa shape index (κ3) is 9.29. The van der Waals surface area contributed by atoms with Gasteiger partial charge in [-0.1, -0.05) is 60.2 Å². The van der Waals surface area contributed by atoms with Crippen LogP contribution in [0.15, 0.2) is 200 Å². The number of hydrogen-bond donors (Lipinski definition) is 0. The molecule has 0 saturated heterocycles. The Morgan fingerprint density at radius 3 is 1.03 bits per heavy atom. The lowest BCUT2D eigenvalue weighted by Crippen LogP contribution is -2.01. The molecule has 0 spiro atoms. The van der Waals surface area contributed by atoms with Crippen LogP contribution in [0.5, 0.6) is 0 Å². The van der Waals surface area contributed by atoms with Crippen molar-refractivity contribution in [2.75, 3.05) is 0 Å². The fourth-order valence-electron chi connectivity index (χ4n) is 12.2. The van der Waals surface area contributed by atoms with E-state index in [1.165, 1.54) is 0 Å². The fourth-order valence-corrected chi connectivity index (χ4v) is 12.2. The van der Waals surface area contributed by atoms with E-state index in [9.17, 15) is 21.0 Å². The maximum atomic E-state index is 10.0. The van der Waals surface area contributed by atoms with Crippen LogP contribution in [-0.2, 0) is 0 Å². The normalized spacial score (nSPS) is 10.7. The van der Waals surface area contributed by atoms with Gasteiger partial charge in [0, 0.05) is 49.5 Å². The highest BCUT2D eigenvalue weighted by Gasteiger charge is 2.24. The SMILES string of the molecule is [C-]#[N+]c1cc(C#N)cc(-c2ccc3c(c2)c2cc(-c4cc(C#N)cc([N+]#[C-])c4)ccc2n3-c2ccc(-c3ccc(C)cc3C)c(-c3cc([N+]#[C-])ccc3-n3c4ccc(-c5cc(C#N)cc([N+]#[C-])c5)cc4c4cc(-c5cc(C#N)cc([N+]#[C-])c5)ccc43)c2)c1. The molecular formula is C77H39N11. The molecule has 88 heavy (non-hydrogen) atoms. The molecule has 11 nitrogen and oxygen atoms in total. The summed E-state index contributed by atoms with van der Waals surface area (Å²) in [6.45, 7) is 44.0.